The fraction of sp³-hybridized carbons (Fsp3) is 0.385. The van der Waals surface area contributed by atoms with Crippen LogP contribution in [0.2, 0.25) is 0 Å². The second-order valence-electron chi connectivity index (χ2n) is 9.41. The summed E-state index contributed by atoms with van der Waals surface area (Å²) in [4.78, 5) is 16.4. The molecule has 8 nitrogen and oxygen atoms in total. The van der Waals surface area contributed by atoms with Crippen LogP contribution in [0.4, 0.5) is 5.82 Å². The summed E-state index contributed by atoms with van der Waals surface area (Å²) in [5, 5.41) is 20.4. The van der Waals surface area contributed by atoms with Crippen molar-refractivity contribution >= 4 is 17.2 Å². The number of rotatable bonds is 6. The van der Waals surface area contributed by atoms with E-state index in [2.05, 4.69) is 39.6 Å². The van der Waals surface area contributed by atoms with Crippen LogP contribution in [-0.4, -0.2) is 38.7 Å². The summed E-state index contributed by atoms with van der Waals surface area (Å²) < 4.78 is 7.37. The Morgan fingerprint density at radius 3 is 2.79 bits per heavy atom. The lowest BCUT2D eigenvalue weighted by Gasteiger charge is -2.56. The van der Waals surface area contributed by atoms with Gasteiger partial charge in [-0.05, 0) is 69.1 Å². The molecule has 3 aromatic heterocycles. The summed E-state index contributed by atoms with van der Waals surface area (Å²) in [6.07, 6.45) is 13.3. The minimum atomic E-state index is -0.342. The fourth-order valence-corrected chi connectivity index (χ4v) is 5.63. The number of fused-ring (bicyclic) bond motifs is 3. The van der Waals surface area contributed by atoms with E-state index in [-0.39, 0.29) is 11.4 Å². The van der Waals surface area contributed by atoms with Gasteiger partial charge < -0.3 is 15.4 Å². The van der Waals surface area contributed by atoms with Crippen molar-refractivity contribution in [2.75, 3.05) is 11.9 Å². The highest BCUT2D eigenvalue weighted by Crippen LogP contribution is 2.51. The van der Waals surface area contributed by atoms with Crippen molar-refractivity contribution in [2.24, 2.45) is 11.8 Å². The second-order valence-corrected chi connectivity index (χ2v) is 9.41. The largest absolute Gasteiger partial charge is 0.492 e. The Bertz CT molecular complexity index is 1320. The van der Waals surface area contributed by atoms with Crippen LogP contribution < -0.4 is 15.4 Å². The number of terminal acetylenes is 1. The van der Waals surface area contributed by atoms with Crippen molar-refractivity contribution in [1.29, 1.82) is 5.26 Å². The van der Waals surface area contributed by atoms with Gasteiger partial charge in [-0.2, -0.15) is 10.4 Å². The Morgan fingerprint density at radius 1 is 1.35 bits per heavy atom. The first-order chi connectivity index (χ1) is 16.4. The van der Waals surface area contributed by atoms with Crippen molar-refractivity contribution in [3.8, 4) is 35.3 Å². The Kier molecular flexibility index (Phi) is 5.37. The van der Waals surface area contributed by atoms with E-state index in [9.17, 15) is 10.1 Å². The van der Waals surface area contributed by atoms with Gasteiger partial charge in [-0.15, -0.1) is 6.42 Å². The standard InChI is InChI=1S/C26H26N6O2/c1-4-23(33)31-26(3)10-17-8-18(11-26)24(17)30-22-7-6-16(13-28-22)21-9-20(34-5-2)15-32-25(21)19(12-27)14-29-32/h1,6-7,9,13-15,17-18,24H,5,8,10-11H2,2-3H3,(H,28,30)(H,31,33). The van der Waals surface area contributed by atoms with Gasteiger partial charge in [0, 0.05) is 28.9 Å². The number of nitriles is 1. The summed E-state index contributed by atoms with van der Waals surface area (Å²) in [6, 6.07) is 8.44. The number of hydrogen-bond donors (Lipinski definition) is 2. The molecular formula is C26H26N6O2. The molecule has 3 heterocycles. The molecule has 3 aliphatic carbocycles. The maximum Gasteiger partial charge on any atom is 0.296 e. The molecule has 0 radical (unpaired) electrons. The number of nitrogens with one attached hydrogen (secondary N) is 2. The van der Waals surface area contributed by atoms with E-state index >= 15 is 0 Å². The van der Waals surface area contributed by atoms with E-state index in [1.54, 1.807) is 16.9 Å². The highest BCUT2D eigenvalue weighted by Gasteiger charge is 2.52. The molecular weight excluding hydrogens is 428 g/mol. The van der Waals surface area contributed by atoms with E-state index in [1.165, 1.54) is 0 Å². The number of hydrogen-bond acceptors (Lipinski definition) is 6. The zero-order valence-corrected chi connectivity index (χ0v) is 19.2. The molecule has 172 valence electrons. The van der Waals surface area contributed by atoms with Crippen LogP contribution in [0.1, 0.15) is 38.7 Å². The summed E-state index contributed by atoms with van der Waals surface area (Å²) in [6.45, 7) is 4.54. The van der Waals surface area contributed by atoms with Crippen molar-refractivity contribution in [3.05, 3.63) is 42.4 Å². The first kappa shape index (κ1) is 21.8. The van der Waals surface area contributed by atoms with Gasteiger partial charge in [0.2, 0.25) is 0 Å². The molecule has 3 aromatic rings. The Labute approximate surface area is 198 Å². The van der Waals surface area contributed by atoms with Crippen molar-refractivity contribution < 1.29 is 9.53 Å². The van der Waals surface area contributed by atoms with Crippen molar-refractivity contribution in [2.45, 2.75) is 44.7 Å². The third-order valence-corrected chi connectivity index (χ3v) is 7.00. The maximum atomic E-state index is 11.7. The van der Waals surface area contributed by atoms with Crippen molar-refractivity contribution in [1.82, 2.24) is 19.9 Å². The van der Waals surface area contributed by atoms with Gasteiger partial charge in [0.1, 0.15) is 17.6 Å². The molecule has 3 aliphatic rings. The molecule has 2 N–H and O–H groups in total. The average molecular weight is 455 g/mol. The predicted molar refractivity (Wildman–Crippen MR) is 128 cm³/mol. The monoisotopic (exact) mass is 454 g/mol. The molecule has 3 fully saturated rings. The van der Waals surface area contributed by atoms with Gasteiger partial charge in [-0.1, -0.05) is 0 Å². The first-order valence-corrected chi connectivity index (χ1v) is 11.5. The SMILES string of the molecule is C#CC(=O)NC1(C)CC2CC(C1)C2Nc1ccc(-c2cc(OCC)cn3ncc(C#N)c23)cn1. The molecule has 2 atom stereocenters. The number of anilines is 1. The van der Waals surface area contributed by atoms with Gasteiger partial charge in [-0.25, -0.2) is 9.50 Å². The summed E-state index contributed by atoms with van der Waals surface area (Å²) in [5.74, 6) is 4.25. The van der Waals surface area contributed by atoms with Gasteiger partial charge in [0.15, 0.2) is 0 Å². The minimum Gasteiger partial charge on any atom is -0.492 e. The number of carbonyl (C=O) groups is 1. The molecule has 1 amide bonds. The number of nitrogens with zero attached hydrogens (tertiary/aromatic N) is 4. The fourth-order valence-electron chi connectivity index (χ4n) is 5.63. The zero-order chi connectivity index (χ0) is 23.9. The molecule has 2 unspecified atom stereocenters. The van der Waals surface area contributed by atoms with E-state index in [0.717, 1.165) is 41.7 Å². The summed E-state index contributed by atoms with van der Waals surface area (Å²) >= 11 is 0. The van der Waals surface area contributed by atoms with Crippen LogP contribution >= 0.6 is 0 Å². The molecule has 2 bridgehead atoms. The number of ether oxygens (including phenoxy) is 1. The number of aromatic nitrogens is 3. The maximum absolute atomic E-state index is 11.7. The van der Waals surface area contributed by atoms with Crippen LogP contribution in [0, 0.1) is 35.5 Å². The first-order valence-electron chi connectivity index (χ1n) is 11.5. The molecule has 0 spiro atoms. The Morgan fingerprint density at radius 2 is 2.15 bits per heavy atom. The smallest absolute Gasteiger partial charge is 0.296 e. The Balaban J connectivity index is 1.35. The molecule has 6 rings (SSSR count). The third kappa shape index (κ3) is 3.82. The number of amides is 1. The highest BCUT2D eigenvalue weighted by atomic mass is 16.5. The minimum absolute atomic E-state index is 0.243. The quantitative estimate of drug-likeness (QED) is 0.554. The van der Waals surface area contributed by atoms with Crippen LogP contribution in [0.3, 0.4) is 0 Å². The van der Waals surface area contributed by atoms with E-state index < -0.39 is 0 Å². The lowest BCUT2D eigenvalue weighted by atomic mass is 9.55. The van der Waals surface area contributed by atoms with E-state index in [4.69, 9.17) is 11.2 Å². The molecule has 0 aromatic carbocycles. The van der Waals surface area contributed by atoms with Crippen LogP contribution in [0.25, 0.3) is 16.6 Å². The average Bonchev–Trinajstić information content (AvgIpc) is 3.25. The van der Waals surface area contributed by atoms with E-state index in [1.807, 2.05) is 31.3 Å². The summed E-state index contributed by atoms with van der Waals surface area (Å²) in [7, 11) is 0. The predicted octanol–water partition coefficient (Wildman–Crippen LogP) is 3.39. The molecule has 0 aliphatic heterocycles. The van der Waals surface area contributed by atoms with Crippen LogP contribution in [0.15, 0.2) is 36.8 Å². The van der Waals surface area contributed by atoms with Crippen molar-refractivity contribution in [3.63, 3.8) is 0 Å². The van der Waals surface area contributed by atoms with Gasteiger partial charge >= 0.3 is 0 Å². The molecule has 34 heavy (non-hydrogen) atoms. The molecule has 8 heteroatoms. The molecule has 0 saturated heterocycles. The lowest BCUT2D eigenvalue weighted by Crippen LogP contribution is -2.62. The second kappa shape index (κ2) is 8.39. The lowest BCUT2D eigenvalue weighted by molar-refractivity contribution is -0.119. The topological polar surface area (TPSA) is 104 Å². The van der Waals surface area contributed by atoms with E-state index in [0.29, 0.717) is 35.8 Å². The number of pyridine rings is 2. The number of carbonyl (C=O) groups excluding carboxylic acids is 1. The summed E-state index contributed by atoms with van der Waals surface area (Å²) in [5.41, 5.74) is 2.72. The normalized spacial score (nSPS) is 25.0. The zero-order valence-electron chi connectivity index (χ0n) is 19.2. The Hall–Kier alpha value is -4.04. The van der Waals surface area contributed by atoms with Gasteiger partial charge in [0.05, 0.1) is 30.1 Å². The van der Waals surface area contributed by atoms with Crippen LogP contribution in [-0.2, 0) is 4.79 Å². The third-order valence-electron chi connectivity index (χ3n) is 7.00. The van der Waals surface area contributed by atoms with Crippen LogP contribution in [0.5, 0.6) is 5.75 Å². The van der Waals surface area contributed by atoms with Gasteiger partial charge in [-0.3, -0.25) is 4.79 Å². The van der Waals surface area contributed by atoms with Gasteiger partial charge in [0.25, 0.3) is 5.91 Å². The highest BCUT2D eigenvalue weighted by molar-refractivity contribution is 5.93. The molecule has 3 saturated carbocycles.